The van der Waals surface area contributed by atoms with Gasteiger partial charge in [-0.15, -0.1) is 0 Å². The molecular weight excluding hydrogens is 278 g/mol. The minimum Gasteiger partial charge on any atom is -0.478 e. The van der Waals surface area contributed by atoms with Gasteiger partial charge in [0, 0.05) is 22.9 Å². The summed E-state index contributed by atoms with van der Waals surface area (Å²) in [5.41, 5.74) is 1.50. The van der Waals surface area contributed by atoms with Gasteiger partial charge >= 0.3 is 5.97 Å². The number of halogens is 1. The van der Waals surface area contributed by atoms with E-state index in [-0.39, 0.29) is 0 Å². The number of hydrogen-bond donors (Lipinski definition) is 1. The van der Waals surface area contributed by atoms with E-state index in [1.165, 1.54) is 6.08 Å². The summed E-state index contributed by atoms with van der Waals surface area (Å²) in [6.45, 7) is 1.84. The molecule has 0 atom stereocenters. The first kappa shape index (κ1) is 14.1. The zero-order valence-corrected chi connectivity index (χ0v) is 11.5. The smallest absolute Gasteiger partial charge is 0.328 e. The van der Waals surface area contributed by atoms with Crippen molar-refractivity contribution >= 4 is 23.6 Å². The molecule has 0 amide bonds. The summed E-state index contributed by atoms with van der Waals surface area (Å²) < 4.78 is 5.63. The molecule has 102 valence electrons. The van der Waals surface area contributed by atoms with Crippen LogP contribution in [0.3, 0.4) is 0 Å². The SMILES string of the molecule is Cc1cc(/C=C/C(=O)O)cnc1Oc1cccc(Cl)c1. The van der Waals surface area contributed by atoms with Crippen LogP contribution in [0.1, 0.15) is 11.1 Å². The Hall–Kier alpha value is -2.33. The Kier molecular flexibility index (Phi) is 4.38. The van der Waals surface area contributed by atoms with Gasteiger partial charge in [0.05, 0.1) is 0 Å². The summed E-state index contributed by atoms with van der Waals surface area (Å²) >= 11 is 5.88. The summed E-state index contributed by atoms with van der Waals surface area (Å²) in [5, 5.41) is 9.16. The van der Waals surface area contributed by atoms with Crippen LogP contribution >= 0.6 is 11.6 Å². The number of aromatic nitrogens is 1. The van der Waals surface area contributed by atoms with Crippen molar-refractivity contribution < 1.29 is 14.6 Å². The third-order valence-corrected chi connectivity index (χ3v) is 2.72. The lowest BCUT2D eigenvalue weighted by molar-refractivity contribution is -0.131. The second-order valence-corrected chi connectivity index (χ2v) is 4.56. The largest absolute Gasteiger partial charge is 0.478 e. The molecular formula is C15H12ClNO3. The maximum absolute atomic E-state index is 10.5. The highest BCUT2D eigenvalue weighted by Crippen LogP contribution is 2.25. The van der Waals surface area contributed by atoms with Gasteiger partial charge in [0.2, 0.25) is 5.88 Å². The van der Waals surface area contributed by atoms with Crippen LogP contribution in [0.2, 0.25) is 5.02 Å². The number of carbonyl (C=O) groups is 1. The van der Waals surface area contributed by atoms with E-state index in [1.807, 2.05) is 6.92 Å². The topological polar surface area (TPSA) is 59.4 Å². The Morgan fingerprint density at radius 3 is 2.85 bits per heavy atom. The molecule has 2 aromatic rings. The maximum Gasteiger partial charge on any atom is 0.328 e. The standard InChI is InChI=1S/C15H12ClNO3/c1-10-7-11(5-6-14(18)19)9-17-15(10)20-13-4-2-3-12(16)8-13/h2-9H,1H3,(H,18,19)/b6-5+. The molecule has 0 spiro atoms. The van der Waals surface area contributed by atoms with Gasteiger partial charge in [0.15, 0.2) is 0 Å². The van der Waals surface area contributed by atoms with Crippen molar-refractivity contribution in [1.29, 1.82) is 0 Å². The van der Waals surface area contributed by atoms with Crippen LogP contribution in [0.4, 0.5) is 0 Å². The van der Waals surface area contributed by atoms with Gasteiger partial charge in [-0.05, 0) is 42.8 Å². The summed E-state index contributed by atoms with van der Waals surface area (Å²) in [7, 11) is 0. The molecule has 4 nitrogen and oxygen atoms in total. The molecule has 1 aromatic heterocycles. The molecule has 0 saturated heterocycles. The number of ether oxygens (including phenoxy) is 1. The summed E-state index contributed by atoms with van der Waals surface area (Å²) in [4.78, 5) is 14.6. The van der Waals surface area contributed by atoms with E-state index >= 15 is 0 Å². The lowest BCUT2D eigenvalue weighted by Gasteiger charge is -2.08. The zero-order valence-electron chi connectivity index (χ0n) is 10.7. The van der Waals surface area contributed by atoms with Gasteiger partial charge in [-0.2, -0.15) is 0 Å². The van der Waals surface area contributed by atoms with Crippen molar-refractivity contribution in [2.75, 3.05) is 0 Å². The number of carboxylic acids is 1. The van der Waals surface area contributed by atoms with Crippen molar-refractivity contribution in [3.8, 4) is 11.6 Å². The molecule has 0 aliphatic rings. The second-order valence-electron chi connectivity index (χ2n) is 4.12. The van der Waals surface area contributed by atoms with Crippen LogP contribution in [-0.4, -0.2) is 16.1 Å². The average Bonchev–Trinajstić information content (AvgIpc) is 2.39. The van der Waals surface area contributed by atoms with Crippen molar-refractivity contribution in [2.24, 2.45) is 0 Å². The van der Waals surface area contributed by atoms with Crippen molar-refractivity contribution in [2.45, 2.75) is 6.92 Å². The maximum atomic E-state index is 10.5. The van der Waals surface area contributed by atoms with Gasteiger partial charge < -0.3 is 9.84 Å². The minimum absolute atomic E-state index is 0.458. The molecule has 1 aromatic carbocycles. The highest BCUT2D eigenvalue weighted by atomic mass is 35.5. The molecule has 0 aliphatic heterocycles. The normalized spacial score (nSPS) is 10.7. The van der Waals surface area contributed by atoms with E-state index in [0.29, 0.717) is 22.2 Å². The number of aliphatic carboxylic acids is 1. The number of benzene rings is 1. The van der Waals surface area contributed by atoms with E-state index in [1.54, 1.807) is 36.5 Å². The Bertz CT molecular complexity index is 668. The molecule has 1 N–H and O–H groups in total. The van der Waals surface area contributed by atoms with Gasteiger partial charge in [0.25, 0.3) is 0 Å². The molecule has 0 aliphatic carbocycles. The number of pyridine rings is 1. The van der Waals surface area contributed by atoms with Crippen LogP contribution in [0, 0.1) is 6.92 Å². The van der Waals surface area contributed by atoms with Gasteiger partial charge in [-0.1, -0.05) is 17.7 Å². The van der Waals surface area contributed by atoms with Crippen LogP contribution in [0.25, 0.3) is 6.08 Å². The van der Waals surface area contributed by atoms with E-state index in [4.69, 9.17) is 21.4 Å². The predicted octanol–water partition coefficient (Wildman–Crippen LogP) is 3.93. The van der Waals surface area contributed by atoms with Crippen LogP contribution in [-0.2, 0) is 4.79 Å². The first-order valence-electron chi connectivity index (χ1n) is 5.85. The molecule has 0 unspecified atom stereocenters. The molecule has 0 bridgehead atoms. The van der Waals surface area contributed by atoms with Crippen molar-refractivity contribution in [3.63, 3.8) is 0 Å². The van der Waals surface area contributed by atoms with Gasteiger partial charge in [-0.3, -0.25) is 0 Å². The fraction of sp³-hybridized carbons (Fsp3) is 0.0667. The summed E-state index contributed by atoms with van der Waals surface area (Å²) in [5.74, 6) is 0.0589. The molecule has 1 heterocycles. The highest BCUT2D eigenvalue weighted by molar-refractivity contribution is 6.30. The molecule has 0 radical (unpaired) electrons. The van der Waals surface area contributed by atoms with Gasteiger partial charge in [0.1, 0.15) is 5.75 Å². The first-order valence-corrected chi connectivity index (χ1v) is 6.23. The number of hydrogen-bond acceptors (Lipinski definition) is 3. The van der Waals surface area contributed by atoms with E-state index in [2.05, 4.69) is 4.98 Å². The molecule has 2 rings (SSSR count). The summed E-state index contributed by atoms with van der Waals surface area (Å²) in [6, 6.07) is 8.82. The second kappa shape index (κ2) is 6.21. The summed E-state index contributed by atoms with van der Waals surface area (Å²) in [6.07, 6.45) is 4.09. The number of carboxylic acid groups (broad SMARTS) is 1. The first-order chi connectivity index (χ1) is 9.54. The molecule has 5 heteroatoms. The Balaban J connectivity index is 2.20. The lowest BCUT2D eigenvalue weighted by atomic mass is 10.2. The van der Waals surface area contributed by atoms with Crippen LogP contribution in [0.5, 0.6) is 11.6 Å². The number of aryl methyl sites for hydroxylation is 1. The van der Waals surface area contributed by atoms with Crippen molar-refractivity contribution in [3.05, 3.63) is 58.8 Å². The Morgan fingerprint density at radius 2 is 2.20 bits per heavy atom. The lowest BCUT2D eigenvalue weighted by Crippen LogP contribution is -1.92. The minimum atomic E-state index is -0.998. The van der Waals surface area contributed by atoms with E-state index < -0.39 is 5.97 Å². The number of rotatable bonds is 4. The molecule has 20 heavy (non-hydrogen) atoms. The zero-order chi connectivity index (χ0) is 14.5. The van der Waals surface area contributed by atoms with E-state index in [0.717, 1.165) is 11.6 Å². The number of nitrogens with zero attached hydrogens (tertiary/aromatic N) is 1. The van der Waals surface area contributed by atoms with Crippen molar-refractivity contribution in [1.82, 2.24) is 4.98 Å². The van der Waals surface area contributed by atoms with Crippen LogP contribution in [0.15, 0.2) is 42.6 Å². The predicted molar refractivity (Wildman–Crippen MR) is 77.2 cm³/mol. The Morgan fingerprint density at radius 1 is 1.40 bits per heavy atom. The fourth-order valence-corrected chi connectivity index (χ4v) is 1.77. The third-order valence-electron chi connectivity index (χ3n) is 2.48. The van der Waals surface area contributed by atoms with Crippen LogP contribution < -0.4 is 4.74 Å². The van der Waals surface area contributed by atoms with Gasteiger partial charge in [-0.25, -0.2) is 9.78 Å². The third kappa shape index (κ3) is 3.83. The quantitative estimate of drug-likeness (QED) is 0.866. The fourth-order valence-electron chi connectivity index (χ4n) is 1.59. The Labute approximate surface area is 121 Å². The average molecular weight is 290 g/mol. The highest BCUT2D eigenvalue weighted by Gasteiger charge is 2.04. The van der Waals surface area contributed by atoms with E-state index in [9.17, 15) is 4.79 Å². The molecule has 0 saturated carbocycles. The monoisotopic (exact) mass is 289 g/mol. The molecule has 0 fully saturated rings.